The number of fused-ring (bicyclic) bond motifs is 1. The van der Waals surface area contributed by atoms with Gasteiger partial charge in [0.05, 0.1) is 10.3 Å². The van der Waals surface area contributed by atoms with Crippen molar-refractivity contribution in [1.29, 1.82) is 0 Å². The van der Waals surface area contributed by atoms with Gasteiger partial charge in [-0.2, -0.15) is 4.57 Å². The lowest BCUT2D eigenvalue weighted by Crippen LogP contribution is -2.71. The molecule has 0 saturated heterocycles. The van der Waals surface area contributed by atoms with E-state index in [0.717, 1.165) is 16.8 Å². The van der Waals surface area contributed by atoms with Gasteiger partial charge in [0.15, 0.2) is 23.7 Å². The van der Waals surface area contributed by atoms with Gasteiger partial charge in [0.2, 0.25) is 0 Å². The fourth-order valence-electron chi connectivity index (χ4n) is 5.14. The lowest BCUT2D eigenvalue weighted by atomic mass is 9.57. The van der Waals surface area contributed by atoms with E-state index in [1.54, 1.807) is 12.1 Å². The molecule has 2 atom stereocenters. The van der Waals surface area contributed by atoms with Crippen molar-refractivity contribution in [3.63, 3.8) is 0 Å². The Balaban J connectivity index is 0.000000523. The molecular formula is C21H25ClN2O8. The molecule has 3 aliphatic rings. The highest BCUT2D eigenvalue weighted by Crippen LogP contribution is 2.62. The normalized spacial score (nSPS) is 21.8. The molecule has 0 amide bonds. The summed E-state index contributed by atoms with van der Waals surface area (Å²) in [5.41, 5.74) is 2.84. The molecule has 1 aromatic carbocycles. The summed E-state index contributed by atoms with van der Waals surface area (Å²) in [6, 6.07) is 11.3. The Morgan fingerprint density at radius 3 is 2.16 bits per heavy atom. The molecule has 0 unspecified atom stereocenters. The first-order chi connectivity index (χ1) is 14.9. The van der Waals surface area contributed by atoms with Crippen molar-refractivity contribution in [1.82, 2.24) is 0 Å². The van der Waals surface area contributed by atoms with Gasteiger partial charge in [0.25, 0.3) is 5.69 Å². The molecule has 3 heterocycles. The van der Waals surface area contributed by atoms with Crippen LogP contribution in [-0.2, 0) is 9.47 Å². The maximum atomic E-state index is 11.4. The third-order valence-corrected chi connectivity index (χ3v) is 6.06. The average Bonchev–Trinajstić information content (AvgIpc) is 2.69. The molecule has 0 fully saturated rings. The Morgan fingerprint density at radius 2 is 1.62 bits per heavy atom. The van der Waals surface area contributed by atoms with Crippen LogP contribution in [0.4, 0.5) is 5.69 Å². The number of benzene rings is 1. The Bertz CT molecular complexity index is 996. The van der Waals surface area contributed by atoms with Crippen molar-refractivity contribution in [3.8, 4) is 0 Å². The minimum atomic E-state index is -4.94. The maximum Gasteiger partial charge on any atom is 0.269 e. The van der Waals surface area contributed by atoms with E-state index in [-0.39, 0.29) is 28.0 Å². The number of ether oxygens (including phenoxy) is 2. The number of hydrogen-bond acceptors (Lipinski definition) is 8. The number of halogens is 1. The third-order valence-electron chi connectivity index (χ3n) is 6.06. The van der Waals surface area contributed by atoms with Crippen LogP contribution < -0.4 is 23.2 Å². The molecule has 5 rings (SSSR count). The summed E-state index contributed by atoms with van der Waals surface area (Å²) < 4.78 is 49.0. The zero-order valence-corrected chi connectivity index (χ0v) is 18.9. The summed E-state index contributed by atoms with van der Waals surface area (Å²) in [6.45, 7) is 9.28. The molecular weight excluding hydrogens is 444 g/mol. The monoisotopic (exact) mass is 468 g/mol. The largest absolute Gasteiger partial charge is 0.348 e. The highest BCUT2D eigenvalue weighted by Gasteiger charge is 2.70. The highest BCUT2D eigenvalue weighted by atomic mass is 35.7. The maximum absolute atomic E-state index is 11.4. The minimum absolute atomic E-state index is 0.0346. The Labute approximate surface area is 187 Å². The van der Waals surface area contributed by atoms with Crippen LogP contribution in [0.3, 0.4) is 0 Å². The predicted octanol–water partition coefficient (Wildman–Crippen LogP) is -1.03. The van der Waals surface area contributed by atoms with Gasteiger partial charge in [-0.1, -0.05) is 6.07 Å². The summed E-state index contributed by atoms with van der Waals surface area (Å²) in [5, 5.41) is 11.4. The van der Waals surface area contributed by atoms with E-state index in [1.807, 2.05) is 32.0 Å². The molecule has 1 aliphatic carbocycles. The lowest BCUT2D eigenvalue weighted by molar-refractivity contribution is -2.00. The van der Waals surface area contributed by atoms with Gasteiger partial charge < -0.3 is 9.47 Å². The number of pyridine rings is 1. The second-order valence-corrected chi connectivity index (χ2v) is 8.83. The number of aromatic nitrogens is 1. The van der Waals surface area contributed by atoms with Crippen LogP contribution in [-0.4, -0.2) is 23.9 Å². The van der Waals surface area contributed by atoms with E-state index in [4.69, 9.17) is 28.1 Å². The molecule has 2 aliphatic heterocycles. The second-order valence-electron chi connectivity index (χ2n) is 8.07. The molecule has 0 spiro atoms. The van der Waals surface area contributed by atoms with Crippen LogP contribution in [0, 0.1) is 25.8 Å². The number of nitro benzene ring substituents is 1. The van der Waals surface area contributed by atoms with Crippen LogP contribution in [0.1, 0.15) is 56.5 Å². The van der Waals surface area contributed by atoms with Crippen molar-refractivity contribution in [2.24, 2.45) is 5.41 Å². The van der Waals surface area contributed by atoms with Crippen molar-refractivity contribution in [3.05, 3.63) is 69.5 Å². The molecule has 2 aromatic rings. The Morgan fingerprint density at radius 1 is 1.03 bits per heavy atom. The van der Waals surface area contributed by atoms with Crippen molar-refractivity contribution in [2.45, 2.75) is 45.4 Å². The number of nitrogens with zero attached hydrogens (tertiary/aromatic N) is 2. The molecule has 0 N–H and O–H groups in total. The van der Waals surface area contributed by atoms with Crippen LogP contribution >= 0.6 is 0 Å². The number of nitro groups is 1. The van der Waals surface area contributed by atoms with Gasteiger partial charge in [0.1, 0.15) is 5.92 Å². The number of hydrogen-bond donors (Lipinski definition) is 0. The molecule has 10 nitrogen and oxygen atoms in total. The second kappa shape index (κ2) is 8.64. The smallest absolute Gasteiger partial charge is 0.269 e. The summed E-state index contributed by atoms with van der Waals surface area (Å²) in [5.74, 6) is -1.13. The fraction of sp³-hybridized carbons (Fsp3) is 0.476. The van der Waals surface area contributed by atoms with E-state index < -0.39 is 16.0 Å². The van der Waals surface area contributed by atoms with Crippen molar-refractivity contribution >= 4 is 5.69 Å². The van der Waals surface area contributed by atoms with Gasteiger partial charge >= 0.3 is 0 Å². The fourth-order valence-corrected chi connectivity index (χ4v) is 5.14. The predicted molar refractivity (Wildman–Crippen MR) is 99.5 cm³/mol. The molecule has 1 aromatic heterocycles. The molecule has 2 bridgehead atoms. The Kier molecular flexibility index (Phi) is 6.60. The first kappa shape index (κ1) is 24.5. The van der Waals surface area contributed by atoms with Crippen molar-refractivity contribution in [2.75, 3.05) is 13.2 Å². The summed E-state index contributed by atoms with van der Waals surface area (Å²) in [6.07, 6.45) is 2.08. The van der Waals surface area contributed by atoms with E-state index in [1.165, 1.54) is 0 Å². The summed E-state index contributed by atoms with van der Waals surface area (Å²) in [4.78, 5) is 11.1. The van der Waals surface area contributed by atoms with Gasteiger partial charge in [-0.25, -0.2) is 18.6 Å². The number of non-ortho nitro benzene ring substituents is 1. The molecule has 0 saturated carbocycles. The van der Waals surface area contributed by atoms with E-state index in [0.29, 0.717) is 13.2 Å². The van der Waals surface area contributed by atoms with Gasteiger partial charge in [-0.15, -0.1) is 10.2 Å². The van der Waals surface area contributed by atoms with Crippen LogP contribution in [0.25, 0.3) is 0 Å². The minimum Gasteiger partial charge on any atom is -0.348 e. The van der Waals surface area contributed by atoms with Gasteiger partial charge in [-0.05, 0) is 39.3 Å². The number of rotatable bonds is 5. The van der Waals surface area contributed by atoms with Gasteiger partial charge in [-0.3, -0.25) is 10.1 Å². The van der Waals surface area contributed by atoms with Crippen LogP contribution in [0.15, 0.2) is 42.6 Å². The topological polar surface area (TPSA) is 158 Å². The van der Waals surface area contributed by atoms with E-state index in [9.17, 15) is 10.1 Å². The van der Waals surface area contributed by atoms with Gasteiger partial charge in [0, 0.05) is 43.0 Å². The van der Waals surface area contributed by atoms with E-state index in [2.05, 4.69) is 30.7 Å². The Hall–Kier alpha value is -2.18. The SMILES string of the molecule is CCOC1(OCC)[C@H]2c3cc([N+](=O)[O-])ccc3[C@H]([n+]3ccccc32)C1(C)C.[O-][Cl+3]([O-])([O-])[O-]. The first-order valence-electron chi connectivity index (χ1n) is 10.1. The van der Waals surface area contributed by atoms with Crippen molar-refractivity contribution < 1.29 is 47.8 Å². The summed E-state index contributed by atoms with van der Waals surface area (Å²) >= 11 is 0. The zero-order valence-electron chi connectivity index (χ0n) is 18.1. The molecule has 32 heavy (non-hydrogen) atoms. The summed E-state index contributed by atoms with van der Waals surface area (Å²) in [7, 11) is -4.94. The van der Waals surface area contributed by atoms with E-state index >= 15 is 0 Å². The standard InChI is InChI=1S/C21H25N2O4.ClHO4/c1-5-26-21(27-6-2)18-16-13-14(23(24)25)10-11-15(16)19(20(21,3)4)22-12-8-7-9-17(18)22;2-1(3,4)5/h7-13,18-19H,5-6H2,1-4H3;(H,2,3,4,5)/q+1;/p-1/t18-,19-;/m0./s1. The van der Waals surface area contributed by atoms with Crippen LogP contribution in [0.2, 0.25) is 0 Å². The highest BCUT2D eigenvalue weighted by molar-refractivity contribution is 5.51. The quantitative estimate of drug-likeness (QED) is 0.233. The molecule has 11 heteroatoms. The third kappa shape index (κ3) is 3.99. The average molecular weight is 469 g/mol. The molecule has 174 valence electrons. The molecule has 0 radical (unpaired) electrons. The van der Waals surface area contributed by atoms with Crippen LogP contribution in [0.5, 0.6) is 0 Å². The lowest BCUT2D eigenvalue weighted by Gasteiger charge is -2.57. The zero-order chi connectivity index (χ0) is 23.9. The first-order valence-corrected chi connectivity index (χ1v) is 11.3.